The lowest BCUT2D eigenvalue weighted by atomic mass is 9.95. The Balaban J connectivity index is 1.75. The van der Waals surface area contributed by atoms with Gasteiger partial charge in [0.15, 0.2) is 11.5 Å². The number of halogens is 1. The molecular weight excluding hydrogens is 421 g/mol. The number of amides is 1. The summed E-state index contributed by atoms with van der Waals surface area (Å²) in [5.74, 6) is -1.65. The van der Waals surface area contributed by atoms with Crippen LogP contribution in [-0.2, 0) is 9.59 Å². The molecule has 33 heavy (non-hydrogen) atoms. The molecule has 166 valence electrons. The highest BCUT2D eigenvalue weighted by Crippen LogP contribution is 2.41. The van der Waals surface area contributed by atoms with Gasteiger partial charge in [0, 0.05) is 5.69 Å². The number of ketones is 1. The predicted molar refractivity (Wildman–Crippen MR) is 124 cm³/mol. The topological polar surface area (TPSA) is 66.8 Å². The Morgan fingerprint density at radius 3 is 2.33 bits per heavy atom. The van der Waals surface area contributed by atoms with Crippen molar-refractivity contribution in [1.29, 1.82) is 0 Å². The molecule has 0 aromatic heterocycles. The highest BCUT2D eigenvalue weighted by Gasteiger charge is 2.43. The summed E-state index contributed by atoms with van der Waals surface area (Å²) in [5.41, 5.74) is 1.71. The molecule has 0 aliphatic carbocycles. The minimum absolute atomic E-state index is 0.0623. The van der Waals surface area contributed by atoms with Crippen molar-refractivity contribution >= 4 is 23.5 Å². The number of aliphatic hydroxyl groups excluding tert-OH is 1. The maximum Gasteiger partial charge on any atom is 0.294 e. The summed E-state index contributed by atoms with van der Waals surface area (Å²) in [7, 11) is 0. The van der Waals surface area contributed by atoms with E-state index in [9.17, 15) is 19.1 Å². The van der Waals surface area contributed by atoms with Gasteiger partial charge in [0.2, 0.25) is 0 Å². The summed E-state index contributed by atoms with van der Waals surface area (Å²) >= 11 is 0. The fourth-order valence-corrected chi connectivity index (χ4v) is 3.78. The summed E-state index contributed by atoms with van der Waals surface area (Å²) in [4.78, 5) is 27.6. The molecule has 0 saturated heterocycles. The molecule has 5 nitrogen and oxygen atoms in total. The minimum atomic E-state index is -0.913. The molecular formula is C27H22FNO4. The number of allylic oxidation sites excluding steroid dienone is 1. The van der Waals surface area contributed by atoms with Gasteiger partial charge in [-0.15, -0.1) is 0 Å². The second-order valence-corrected chi connectivity index (χ2v) is 7.43. The zero-order valence-electron chi connectivity index (χ0n) is 17.9. The van der Waals surface area contributed by atoms with Crippen molar-refractivity contribution in [3.63, 3.8) is 0 Å². The van der Waals surface area contributed by atoms with Crippen molar-refractivity contribution in [2.45, 2.75) is 13.0 Å². The maximum absolute atomic E-state index is 13.6. The first-order valence-corrected chi connectivity index (χ1v) is 10.5. The average Bonchev–Trinajstić information content (AvgIpc) is 3.10. The molecule has 3 aromatic carbocycles. The Labute approximate surface area is 191 Å². The van der Waals surface area contributed by atoms with Gasteiger partial charge in [-0.05, 0) is 60.5 Å². The molecule has 1 aliphatic heterocycles. The predicted octanol–water partition coefficient (Wildman–Crippen LogP) is 5.41. The van der Waals surface area contributed by atoms with Gasteiger partial charge in [0.1, 0.15) is 11.6 Å². The number of rotatable bonds is 7. The maximum atomic E-state index is 13.6. The first-order chi connectivity index (χ1) is 16.0. The second kappa shape index (κ2) is 9.53. The number of hydrogen-bond donors (Lipinski definition) is 1. The molecule has 6 heteroatoms. The van der Waals surface area contributed by atoms with Crippen LogP contribution in [0.15, 0.2) is 96.3 Å². The van der Waals surface area contributed by atoms with E-state index in [0.29, 0.717) is 23.6 Å². The number of nitrogens with zero attached hydrogens (tertiary/aromatic N) is 1. The highest BCUT2D eigenvalue weighted by molar-refractivity contribution is 6.19. The fourth-order valence-electron chi connectivity index (χ4n) is 3.78. The van der Waals surface area contributed by atoms with E-state index in [0.717, 1.165) is 5.56 Å². The van der Waals surface area contributed by atoms with Crippen LogP contribution >= 0.6 is 0 Å². The molecule has 1 heterocycles. The monoisotopic (exact) mass is 443 g/mol. The van der Waals surface area contributed by atoms with Crippen molar-refractivity contribution in [3.05, 3.63) is 113 Å². The van der Waals surface area contributed by atoms with Crippen molar-refractivity contribution in [2.24, 2.45) is 0 Å². The smallest absolute Gasteiger partial charge is 0.294 e. The van der Waals surface area contributed by atoms with E-state index in [1.807, 2.05) is 37.3 Å². The van der Waals surface area contributed by atoms with Gasteiger partial charge in [-0.3, -0.25) is 14.5 Å². The number of carbonyl (C=O) groups excluding carboxylic acids is 2. The second-order valence-electron chi connectivity index (χ2n) is 7.43. The first kappa shape index (κ1) is 22.0. The van der Waals surface area contributed by atoms with Crippen LogP contribution in [0.25, 0.3) is 6.08 Å². The Hall–Kier alpha value is -4.19. The quantitative estimate of drug-likeness (QED) is 0.496. The SMILES string of the molecule is CCOc1ccc(N2C(=O)C(O)=C(C(=O)C=Cc3ccccc3)C2c2ccc(F)cc2)cc1. The third-order valence-corrected chi connectivity index (χ3v) is 5.31. The van der Waals surface area contributed by atoms with E-state index < -0.39 is 29.3 Å². The lowest BCUT2D eigenvalue weighted by Crippen LogP contribution is -2.30. The number of hydrogen-bond acceptors (Lipinski definition) is 4. The van der Waals surface area contributed by atoms with E-state index in [-0.39, 0.29) is 5.57 Å². The molecule has 4 rings (SSSR count). The Morgan fingerprint density at radius 2 is 1.70 bits per heavy atom. The van der Waals surface area contributed by atoms with E-state index in [4.69, 9.17) is 4.74 Å². The fraction of sp³-hybridized carbons (Fsp3) is 0.111. The van der Waals surface area contributed by atoms with Crippen LogP contribution in [0.3, 0.4) is 0 Å². The van der Waals surface area contributed by atoms with Gasteiger partial charge >= 0.3 is 0 Å². The van der Waals surface area contributed by atoms with Crippen LogP contribution in [-0.4, -0.2) is 23.4 Å². The summed E-state index contributed by atoms with van der Waals surface area (Å²) in [6.07, 6.45) is 2.95. The summed E-state index contributed by atoms with van der Waals surface area (Å²) < 4.78 is 19.1. The van der Waals surface area contributed by atoms with Gasteiger partial charge in [0.25, 0.3) is 5.91 Å². The molecule has 1 amide bonds. The van der Waals surface area contributed by atoms with Gasteiger partial charge in [-0.1, -0.05) is 48.5 Å². The number of carbonyl (C=O) groups is 2. The molecule has 1 unspecified atom stereocenters. The first-order valence-electron chi connectivity index (χ1n) is 10.5. The average molecular weight is 443 g/mol. The molecule has 0 spiro atoms. The third kappa shape index (κ3) is 4.55. The molecule has 1 atom stereocenters. The summed E-state index contributed by atoms with van der Waals surface area (Å²) in [5, 5.41) is 10.7. The Kier molecular flexibility index (Phi) is 6.36. The normalized spacial score (nSPS) is 16.0. The van der Waals surface area contributed by atoms with E-state index in [1.165, 1.54) is 35.2 Å². The van der Waals surface area contributed by atoms with Crippen molar-refractivity contribution in [2.75, 3.05) is 11.5 Å². The number of ether oxygens (including phenoxy) is 1. The van der Waals surface area contributed by atoms with Crippen molar-refractivity contribution < 1.29 is 23.8 Å². The molecule has 1 aliphatic rings. The standard InChI is InChI=1S/C27H22FNO4/c1-2-33-22-15-13-21(14-16-22)29-25(19-9-11-20(28)12-10-19)24(26(31)27(29)32)23(30)17-8-18-6-4-3-5-7-18/h3-17,25,31H,2H2,1H3. The number of anilines is 1. The van der Waals surface area contributed by atoms with Crippen LogP contribution in [0.2, 0.25) is 0 Å². The van der Waals surface area contributed by atoms with Crippen molar-refractivity contribution in [3.8, 4) is 5.75 Å². The molecule has 3 aromatic rings. The van der Waals surface area contributed by atoms with Crippen LogP contribution in [0, 0.1) is 5.82 Å². The van der Waals surface area contributed by atoms with Gasteiger partial charge < -0.3 is 9.84 Å². The van der Waals surface area contributed by atoms with Crippen molar-refractivity contribution in [1.82, 2.24) is 0 Å². The lowest BCUT2D eigenvalue weighted by molar-refractivity contribution is -0.117. The molecule has 0 radical (unpaired) electrons. The zero-order valence-corrected chi connectivity index (χ0v) is 17.9. The van der Waals surface area contributed by atoms with Gasteiger partial charge in [0.05, 0.1) is 18.2 Å². The zero-order chi connectivity index (χ0) is 23.4. The highest BCUT2D eigenvalue weighted by atomic mass is 19.1. The summed E-state index contributed by atoms with van der Waals surface area (Å²) in [6, 6.07) is 20.6. The summed E-state index contributed by atoms with van der Waals surface area (Å²) in [6.45, 7) is 2.36. The molecule has 0 saturated carbocycles. The van der Waals surface area contributed by atoms with Crippen LogP contribution < -0.4 is 9.64 Å². The van der Waals surface area contributed by atoms with Gasteiger partial charge in [-0.2, -0.15) is 0 Å². The number of aliphatic hydroxyl groups is 1. The van der Waals surface area contributed by atoms with Gasteiger partial charge in [-0.25, -0.2) is 4.39 Å². The third-order valence-electron chi connectivity index (χ3n) is 5.31. The molecule has 1 N–H and O–H groups in total. The van der Waals surface area contributed by atoms with E-state index >= 15 is 0 Å². The van der Waals surface area contributed by atoms with E-state index in [1.54, 1.807) is 30.3 Å². The van der Waals surface area contributed by atoms with Crippen LogP contribution in [0.5, 0.6) is 5.75 Å². The lowest BCUT2D eigenvalue weighted by Gasteiger charge is -2.27. The largest absolute Gasteiger partial charge is 0.503 e. The molecule has 0 bridgehead atoms. The Bertz CT molecular complexity index is 1220. The van der Waals surface area contributed by atoms with Crippen LogP contribution in [0.4, 0.5) is 10.1 Å². The Morgan fingerprint density at radius 1 is 1.03 bits per heavy atom. The van der Waals surface area contributed by atoms with E-state index in [2.05, 4.69) is 0 Å². The number of benzene rings is 3. The van der Waals surface area contributed by atoms with Crippen LogP contribution in [0.1, 0.15) is 24.1 Å². The minimum Gasteiger partial charge on any atom is -0.503 e. The molecule has 0 fully saturated rings.